The Labute approximate surface area is 100 Å². The van der Waals surface area contributed by atoms with Crippen LogP contribution in [-0.4, -0.2) is 29.4 Å². The molecule has 1 N–H and O–H groups in total. The van der Waals surface area contributed by atoms with Gasteiger partial charge < -0.3 is 10.1 Å². The molecule has 2 aromatic rings. The molecule has 1 aliphatic rings. The molecule has 0 amide bonds. The minimum Gasteiger partial charge on any atom is -0.473 e. The highest BCUT2D eigenvalue weighted by atomic mass is 16.5. The van der Waals surface area contributed by atoms with Crippen molar-refractivity contribution in [3.05, 3.63) is 30.5 Å². The second-order valence-electron chi connectivity index (χ2n) is 4.30. The number of hydrogen-bond acceptors (Lipinski definition) is 4. The fourth-order valence-corrected chi connectivity index (χ4v) is 2.16. The summed E-state index contributed by atoms with van der Waals surface area (Å²) in [7, 11) is 0. The van der Waals surface area contributed by atoms with Gasteiger partial charge in [0.05, 0.1) is 6.20 Å². The van der Waals surface area contributed by atoms with Crippen molar-refractivity contribution in [1.82, 2.24) is 15.5 Å². The SMILES string of the molecule is c1ccc2c(OC3CCNCC3)nncc2c1. The van der Waals surface area contributed by atoms with Crippen molar-refractivity contribution in [2.45, 2.75) is 18.9 Å². The molecule has 1 fully saturated rings. The third-order valence-electron chi connectivity index (χ3n) is 3.10. The number of fused-ring (bicyclic) bond motifs is 1. The average molecular weight is 229 g/mol. The summed E-state index contributed by atoms with van der Waals surface area (Å²) in [6.07, 6.45) is 4.09. The van der Waals surface area contributed by atoms with Crippen LogP contribution < -0.4 is 10.1 Å². The maximum absolute atomic E-state index is 5.95. The molecule has 1 aliphatic heterocycles. The molecule has 0 radical (unpaired) electrons. The van der Waals surface area contributed by atoms with Crippen molar-refractivity contribution in [2.24, 2.45) is 0 Å². The second kappa shape index (κ2) is 4.67. The zero-order valence-corrected chi connectivity index (χ0v) is 9.60. The third-order valence-corrected chi connectivity index (χ3v) is 3.10. The minimum atomic E-state index is 0.261. The Morgan fingerprint density at radius 1 is 1.18 bits per heavy atom. The standard InChI is InChI=1S/C13H15N3O/c1-2-4-12-10(3-1)9-15-16-13(12)17-11-5-7-14-8-6-11/h1-4,9,11,14H,5-8H2. The van der Waals surface area contributed by atoms with Crippen molar-refractivity contribution in [3.8, 4) is 5.88 Å². The van der Waals surface area contributed by atoms with Crippen LogP contribution in [0, 0.1) is 0 Å². The van der Waals surface area contributed by atoms with E-state index in [-0.39, 0.29) is 6.10 Å². The van der Waals surface area contributed by atoms with Crippen LogP contribution in [0.15, 0.2) is 30.5 Å². The maximum atomic E-state index is 5.95. The summed E-state index contributed by atoms with van der Waals surface area (Å²) < 4.78 is 5.95. The third kappa shape index (κ3) is 2.22. The molecule has 2 heterocycles. The number of nitrogens with zero attached hydrogens (tertiary/aromatic N) is 2. The molecule has 0 bridgehead atoms. The van der Waals surface area contributed by atoms with Crippen LogP contribution in [0.5, 0.6) is 5.88 Å². The van der Waals surface area contributed by atoms with Crippen LogP contribution >= 0.6 is 0 Å². The van der Waals surface area contributed by atoms with Gasteiger partial charge in [-0.15, -0.1) is 5.10 Å². The number of ether oxygens (including phenoxy) is 1. The molecule has 0 aliphatic carbocycles. The number of benzene rings is 1. The zero-order chi connectivity index (χ0) is 11.5. The Morgan fingerprint density at radius 2 is 2.00 bits per heavy atom. The molecule has 3 rings (SSSR count). The van der Waals surface area contributed by atoms with Crippen LogP contribution in [0.25, 0.3) is 10.8 Å². The minimum absolute atomic E-state index is 0.261. The summed E-state index contributed by atoms with van der Waals surface area (Å²) in [6, 6.07) is 8.05. The van der Waals surface area contributed by atoms with E-state index >= 15 is 0 Å². The fraction of sp³-hybridized carbons (Fsp3) is 0.385. The van der Waals surface area contributed by atoms with Gasteiger partial charge in [-0.1, -0.05) is 18.2 Å². The number of piperidine rings is 1. The maximum Gasteiger partial charge on any atom is 0.241 e. The molecule has 1 aromatic carbocycles. The van der Waals surface area contributed by atoms with Crippen molar-refractivity contribution in [2.75, 3.05) is 13.1 Å². The highest BCUT2D eigenvalue weighted by Crippen LogP contribution is 2.23. The lowest BCUT2D eigenvalue weighted by atomic mass is 10.1. The van der Waals surface area contributed by atoms with E-state index in [2.05, 4.69) is 15.5 Å². The molecule has 88 valence electrons. The number of hydrogen-bond donors (Lipinski definition) is 1. The summed E-state index contributed by atoms with van der Waals surface area (Å²) in [5.41, 5.74) is 0. The molecule has 0 spiro atoms. The lowest BCUT2D eigenvalue weighted by Gasteiger charge is -2.23. The van der Waals surface area contributed by atoms with Gasteiger partial charge in [0.15, 0.2) is 0 Å². The van der Waals surface area contributed by atoms with Gasteiger partial charge in [-0.2, -0.15) is 5.10 Å². The Kier molecular flexibility index (Phi) is 2.88. The molecule has 0 saturated carbocycles. The molecular weight excluding hydrogens is 214 g/mol. The van der Waals surface area contributed by atoms with Gasteiger partial charge in [0, 0.05) is 10.8 Å². The molecule has 17 heavy (non-hydrogen) atoms. The van der Waals surface area contributed by atoms with Crippen molar-refractivity contribution in [1.29, 1.82) is 0 Å². The van der Waals surface area contributed by atoms with E-state index in [9.17, 15) is 0 Å². The van der Waals surface area contributed by atoms with Crippen LogP contribution in [0.4, 0.5) is 0 Å². The highest BCUT2D eigenvalue weighted by Gasteiger charge is 2.16. The van der Waals surface area contributed by atoms with E-state index in [0.717, 1.165) is 36.7 Å². The van der Waals surface area contributed by atoms with Gasteiger partial charge in [-0.05, 0) is 32.0 Å². The molecule has 0 atom stereocenters. The molecule has 4 nitrogen and oxygen atoms in total. The van der Waals surface area contributed by atoms with Crippen LogP contribution in [0.3, 0.4) is 0 Å². The van der Waals surface area contributed by atoms with Gasteiger partial charge in [-0.25, -0.2) is 0 Å². The van der Waals surface area contributed by atoms with E-state index in [4.69, 9.17) is 4.74 Å². The van der Waals surface area contributed by atoms with Gasteiger partial charge in [0.2, 0.25) is 5.88 Å². The number of aromatic nitrogens is 2. The molecule has 0 unspecified atom stereocenters. The van der Waals surface area contributed by atoms with E-state index in [1.54, 1.807) is 6.20 Å². The second-order valence-corrected chi connectivity index (χ2v) is 4.30. The monoisotopic (exact) mass is 229 g/mol. The Morgan fingerprint density at radius 3 is 2.88 bits per heavy atom. The van der Waals surface area contributed by atoms with Gasteiger partial charge in [0.25, 0.3) is 0 Å². The predicted molar refractivity (Wildman–Crippen MR) is 66.1 cm³/mol. The van der Waals surface area contributed by atoms with E-state index in [0.29, 0.717) is 5.88 Å². The first-order chi connectivity index (χ1) is 8.43. The highest BCUT2D eigenvalue weighted by molar-refractivity contribution is 5.85. The molecule has 1 saturated heterocycles. The van der Waals surface area contributed by atoms with Crippen LogP contribution in [0.2, 0.25) is 0 Å². The Bertz CT molecular complexity index is 503. The lowest BCUT2D eigenvalue weighted by molar-refractivity contribution is 0.157. The van der Waals surface area contributed by atoms with Crippen molar-refractivity contribution >= 4 is 10.8 Å². The number of rotatable bonds is 2. The largest absolute Gasteiger partial charge is 0.473 e. The van der Waals surface area contributed by atoms with Crippen LogP contribution in [-0.2, 0) is 0 Å². The first kappa shape index (κ1) is 10.5. The predicted octanol–water partition coefficient (Wildman–Crippen LogP) is 1.76. The smallest absolute Gasteiger partial charge is 0.241 e. The Hall–Kier alpha value is -1.68. The van der Waals surface area contributed by atoms with Crippen molar-refractivity contribution < 1.29 is 4.74 Å². The quantitative estimate of drug-likeness (QED) is 0.852. The zero-order valence-electron chi connectivity index (χ0n) is 9.60. The number of nitrogens with one attached hydrogen (secondary N) is 1. The average Bonchev–Trinajstić information content (AvgIpc) is 2.40. The first-order valence-electron chi connectivity index (χ1n) is 6.01. The summed E-state index contributed by atoms with van der Waals surface area (Å²) >= 11 is 0. The Balaban J connectivity index is 1.89. The van der Waals surface area contributed by atoms with Gasteiger partial charge in [-0.3, -0.25) is 0 Å². The summed E-state index contributed by atoms with van der Waals surface area (Å²) in [4.78, 5) is 0. The van der Waals surface area contributed by atoms with Crippen LogP contribution in [0.1, 0.15) is 12.8 Å². The molecule has 4 heteroatoms. The van der Waals surface area contributed by atoms with E-state index < -0.39 is 0 Å². The van der Waals surface area contributed by atoms with Gasteiger partial charge in [0.1, 0.15) is 6.10 Å². The summed E-state index contributed by atoms with van der Waals surface area (Å²) in [6.45, 7) is 2.03. The molecular formula is C13H15N3O. The summed E-state index contributed by atoms with van der Waals surface area (Å²) in [5.74, 6) is 0.662. The summed E-state index contributed by atoms with van der Waals surface area (Å²) in [5, 5.41) is 13.5. The lowest BCUT2D eigenvalue weighted by Crippen LogP contribution is -2.34. The topological polar surface area (TPSA) is 47.0 Å². The fourth-order valence-electron chi connectivity index (χ4n) is 2.16. The first-order valence-corrected chi connectivity index (χ1v) is 6.01. The van der Waals surface area contributed by atoms with E-state index in [1.165, 1.54) is 0 Å². The normalized spacial score (nSPS) is 17.2. The molecule has 1 aromatic heterocycles. The van der Waals surface area contributed by atoms with Gasteiger partial charge >= 0.3 is 0 Å². The van der Waals surface area contributed by atoms with E-state index in [1.807, 2.05) is 24.3 Å². The van der Waals surface area contributed by atoms with Crippen molar-refractivity contribution in [3.63, 3.8) is 0 Å².